The summed E-state index contributed by atoms with van der Waals surface area (Å²) in [6.45, 7) is 0. The van der Waals surface area contributed by atoms with Gasteiger partial charge in [0.2, 0.25) is 0 Å². The van der Waals surface area contributed by atoms with E-state index in [1.165, 1.54) is 11.8 Å². The fourth-order valence-corrected chi connectivity index (χ4v) is 3.88. The van der Waals surface area contributed by atoms with Crippen LogP contribution < -0.4 is 5.63 Å². The van der Waals surface area contributed by atoms with E-state index in [0.29, 0.717) is 10.1 Å². The molecule has 0 fully saturated rings. The first-order chi connectivity index (χ1) is 9.66. The van der Waals surface area contributed by atoms with Gasteiger partial charge in [-0.2, -0.15) is 0 Å². The molecule has 100 valence electrons. The Balaban J connectivity index is 2.23. The van der Waals surface area contributed by atoms with Crippen LogP contribution in [0.4, 0.5) is 0 Å². The zero-order valence-electron chi connectivity index (χ0n) is 10.1. The van der Waals surface area contributed by atoms with Crippen LogP contribution in [-0.2, 0) is 0 Å². The molecule has 0 aliphatic rings. The SMILES string of the molecule is O=c1oc2ccccc2c(Sc2ccccc2Br)c1Br. The van der Waals surface area contributed by atoms with E-state index in [-0.39, 0.29) is 5.63 Å². The molecule has 5 heteroatoms. The third-order valence-electron chi connectivity index (χ3n) is 2.76. The molecule has 0 aliphatic carbocycles. The lowest BCUT2D eigenvalue weighted by molar-refractivity contribution is 0.552. The normalized spacial score (nSPS) is 10.9. The van der Waals surface area contributed by atoms with E-state index >= 15 is 0 Å². The molecule has 0 unspecified atom stereocenters. The van der Waals surface area contributed by atoms with Crippen LogP contribution in [0.1, 0.15) is 0 Å². The molecule has 0 atom stereocenters. The third kappa shape index (κ3) is 2.57. The van der Waals surface area contributed by atoms with Crippen molar-refractivity contribution in [2.24, 2.45) is 0 Å². The first-order valence-electron chi connectivity index (χ1n) is 5.80. The summed E-state index contributed by atoms with van der Waals surface area (Å²) >= 11 is 8.39. The number of rotatable bonds is 2. The van der Waals surface area contributed by atoms with Crippen molar-refractivity contribution in [3.8, 4) is 0 Å². The second kappa shape index (κ2) is 5.76. The van der Waals surface area contributed by atoms with Crippen molar-refractivity contribution in [2.45, 2.75) is 9.79 Å². The molecule has 0 saturated carbocycles. The molecular formula is C15H8Br2O2S. The van der Waals surface area contributed by atoms with Crippen molar-refractivity contribution >= 4 is 54.6 Å². The molecule has 0 amide bonds. The van der Waals surface area contributed by atoms with Crippen LogP contribution >= 0.6 is 43.6 Å². The molecule has 1 aromatic heterocycles. The zero-order valence-corrected chi connectivity index (χ0v) is 14.1. The number of benzene rings is 2. The molecule has 0 saturated heterocycles. The van der Waals surface area contributed by atoms with Gasteiger partial charge in [-0.3, -0.25) is 0 Å². The molecule has 2 aromatic carbocycles. The second-order valence-electron chi connectivity index (χ2n) is 4.06. The quantitative estimate of drug-likeness (QED) is 0.523. The van der Waals surface area contributed by atoms with E-state index in [1.54, 1.807) is 6.07 Å². The Morgan fingerprint density at radius 2 is 1.65 bits per heavy atom. The van der Waals surface area contributed by atoms with Crippen molar-refractivity contribution in [1.29, 1.82) is 0 Å². The van der Waals surface area contributed by atoms with E-state index in [4.69, 9.17) is 4.42 Å². The topological polar surface area (TPSA) is 30.2 Å². The Bertz CT molecular complexity index is 843. The van der Waals surface area contributed by atoms with Gasteiger partial charge in [0.25, 0.3) is 0 Å². The molecular weight excluding hydrogens is 404 g/mol. The van der Waals surface area contributed by atoms with E-state index in [0.717, 1.165) is 19.6 Å². The van der Waals surface area contributed by atoms with Crippen LogP contribution in [0, 0.1) is 0 Å². The van der Waals surface area contributed by atoms with Crippen LogP contribution in [0.2, 0.25) is 0 Å². The predicted octanol–water partition coefficient (Wildman–Crippen LogP) is 5.47. The summed E-state index contributed by atoms with van der Waals surface area (Å²) < 4.78 is 6.72. The Hall–Kier alpha value is -1.04. The van der Waals surface area contributed by atoms with Gasteiger partial charge < -0.3 is 4.42 Å². The van der Waals surface area contributed by atoms with Gasteiger partial charge >= 0.3 is 5.63 Å². The summed E-state index contributed by atoms with van der Waals surface area (Å²) in [5, 5.41) is 0.916. The first kappa shape index (κ1) is 13.9. The number of hydrogen-bond donors (Lipinski definition) is 0. The Morgan fingerprint density at radius 3 is 2.45 bits per heavy atom. The van der Waals surface area contributed by atoms with Crippen molar-refractivity contribution in [3.05, 3.63) is 67.9 Å². The van der Waals surface area contributed by atoms with Gasteiger partial charge in [0.05, 0.1) is 0 Å². The molecule has 0 radical (unpaired) electrons. The van der Waals surface area contributed by atoms with Crippen LogP contribution in [0.15, 0.2) is 76.5 Å². The zero-order chi connectivity index (χ0) is 14.1. The first-order valence-corrected chi connectivity index (χ1v) is 8.21. The largest absolute Gasteiger partial charge is 0.422 e. The molecule has 3 rings (SSSR count). The summed E-state index contributed by atoms with van der Waals surface area (Å²) in [4.78, 5) is 13.8. The Labute approximate surface area is 136 Å². The lowest BCUT2D eigenvalue weighted by atomic mass is 10.2. The number of hydrogen-bond acceptors (Lipinski definition) is 3. The third-order valence-corrected chi connectivity index (χ3v) is 5.90. The average molecular weight is 412 g/mol. The summed E-state index contributed by atoms with van der Waals surface area (Å²) in [5.74, 6) is 0. The number of halogens is 2. The maximum atomic E-state index is 11.9. The summed E-state index contributed by atoms with van der Waals surface area (Å²) in [6, 6.07) is 15.4. The number of fused-ring (bicyclic) bond motifs is 1. The van der Waals surface area contributed by atoms with Gasteiger partial charge in [0.1, 0.15) is 10.1 Å². The van der Waals surface area contributed by atoms with Crippen molar-refractivity contribution < 1.29 is 4.42 Å². The molecule has 2 nitrogen and oxygen atoms in total. The van der Waals surface area contributed by atoms with Crippen LogP contribution in [-0.4, -0.2) is 0 Å². The average Bonchev–Trinajstić information content (AvgIpc) is 2.46. The van der Waals surface area contributed by atoms with Crippen molar-refractivity contribution in [3.63, 3.8) is 0 Å². The standard InChI is InChI=1S/C15H8Br2O2S/c16-10-6-2-4-8-12(10)20-14-9-5-1-3-7-11(9)19-15(18)13(14)17/h1-8H. The fraction of sp³-hybridized carbons (Fsp3) is 0. The summed E-state index contributed by atoms with van der Waals surface area (Å²) in [5.41, 5.74) is 0.230. The lowest BCUT2D eigenvalue weighted by Crippen LogP contribution is -2.01. The second-order valence-corrected chi connectivity index (χ2v) is 6.76. The maximum absolute atomic E-state index is 11.9. The molecule has 1 heterocycles. The van der Waals surface area contributed by atoms with Crippen molar-refractivity contribution in [2.75, 3.05) is 0 Å². The highest BCUT2D eigenvalue weighted by molar-refractivity contribution is 9.11. The summed E-state index contributed by atoms with van der Waals surface area (Å²) in [7, 11) is 0. The minimum Gasteiger partial charge on any atom is -0.422 e. The van der Waals surface area contributed by atoms with Crippen LogP contribution in [0.5, 0.6) is 0 Å². The fourth-order valence-electron chi connectivity index (χ4n) is 1.84. The van der Waals surface area contributed by atoms with E-state index in [2.05, 4.69) is 31.9 Å². The predicted molar refractivity (Wildman–Crippen MR) is 88.4 cm³/mol. The molecule has 20 heavy (non-hydrogen) atoms. The minimum atomic E-state index is -0.363. The van der Waals surface area contributed by atoms with Gasteiger partial charge in [-0.05, 0) is 50.1 Å². The number of para-hydroxylation sites is 1. The van der Waals surface area contributed by atoms with Gasteiger partial charge in [-0.15, -0.1) is 0 Å². The van der Waals surface area contributed by atoms with Crippen molar-refractivity contribution in [1.82, 2.24) is 0 Å². The molecule has 3 aromatic rings. The molecule has 0 N–H and O–H groups in total. The lowest BCUT2D eigenvalue weighted by Gasteiger charge is -2.08. The highest BCUT2D eigenvalue weighted by atomic mass is 79.9. The van der Waals surface area contributed by atoms with Gasteiger partial charge in [-0.25, -0.2) is 4.79 Å². The highest BCUT2D eigenvalue weighted by Gasteiger charge is 2.14. The smallest absolute Gasteiger partial charge is 0.351 e. The van der Waals surface area contributed by atoms with Gasteiger partial charge in [0, 0.05) is 19.6 Å². The Morgan fingerprint density at radius 1 is 0.950 bits per heavy atom. The molecule has 0 aliphatic heterocycles. The van der Waals surface area contributed by atoms with Gasteiger partial charge in [0.15, 0.2) is 0 Å². The van der Waals surface area contributed by atoms with Crippen LogP contribution in [0.3, 0.4) is 0 Å². The van der Waals surface area contributed by atoms with Crippen LogP contribution in [0.25, 0.3) is 11.0 Å². The van der Waals surface area contributed by atoms with E-state index in [1.807, 2.05) is 42.5 Å². The molecule has 0 bridgehead atoms. The van der Waals surface area contributed by atoms with E-state index < -0.39 is 0 Å². The molecule has 0 spiro atoms. The highest BCUT2D eigenvalue weighted by Crippen LogP contribution is 2.39. The maximum Gasteiger partial charge on any atom is 0.351 e. The minimum absolute atomic E-state index is 0.363. The summed E-state index contributed by atoms with van der Waals surface area (Å²) in [6.07, 6.45) is 0. The van der Waals surface area contributed by atoms with E-state index in [9.17, 15) is 4.79 Å². The van der Waals surface area contributed by atoms with Gasteiger partial charge in [-0.1, -0.05) is 42.1 Å². The Kier molecular flexibility index (Phi) is 4.01. The monoisotopic (exact) mass is 410 g/mol.